The summed E-state index contributed by atoms with van der Waals surface area (Å²) in [4.78, 5) is 9.18. The first-order valence-corrected chi connectivity index (χ1v) is 8.96. The van der Waals surface area contributed by atoms with Gasteiger partial charge in [0.05, 0.1) is 34.1 Å². The molecule has 2 aromatic heterocycles. The Kier molecular flexibility index (Phi) is 3.74. The number of hydrogen-bond donors (Lipinski definition) is 1. The molecule has 0 bridgehead atoms. The lowest BCUT2D eigenvalue weighted by Crippen LogP contribution is -1.90. The van der Waals surface area contributed by atoms with Gasteiger partial charge in [-0.1, -0.05) is 11.3 Å². The number of anilines is 2. The fourth-order valence-electron chi connectivity index (χ4n) is 2.55. The van der Waals surface area contributed by atoms with Gasteiger partial charge in [-0.3, -0.25) is 0 Å². The zero-order valence-electron chi connectivity index (χ0n) is 13.4. The normalized spacial score (nSPS) is 11.1. The predicted molar refractivity (Wildman–Crippen MR) is 100 cm³/mol. The van der Waals surface area contributed by atoms with Gasteiger partial charge in [-0.25, -0.2) is 9.97 Å². The van der Waals surface area contributed by atoms with Gasteiger partial charge in [-0.15, -0.1) is 11.3 Å². The van der Waals surface area contributed by atoms with Crippen LogP contribution in [0.4, 0.5) is 10.8 Å². The highest BCUT2D eigenvalue weighted by atomic mass is 32.1. The van der Waals surface area contributed by atoms with E-state index in [-0.39, 0.29) is 0 Å². The van der Waals surface area contributed by atoms with E-state index in [0.29, 0.717) is 5.75 Å². The number of nitrogens with zero attached hydrogens (tertiary/aromatic N) is 2. The van der Waals surface area contributed by atoms with Crippen LogP contribution in [0.3, 0.4) is 0 Å². The van der Waals surface area contributed by atoms with E-state index in [2.05, 4.69) is 21.4 Å². The van der Waals surface area contributed by atoms with Crippen molar-refractivity contribution in [2.45, 2.75) is 6.92 Å². The third kappa shape index (κ3) is 2.65. The van der Waals surface area contributed by atoms with E-state index in [4.69, 9.17) is 9.47 Å². The van der Waals surface area contributed by atoms with Gasteiger partial charge in [0.2, 0.25) is 0 Å². The van der Waals surface area contributed by atoms with Crippen molar-refractivity contribution in [3.63, 3.8) is 0 Å². The molecular weight excluding hydrogens is 342 g/mol. The molecule has 0 fully saturated rings. The zero-order valence-corrected chi connectivity index (χ0v) is 15.0. The molecule has 24 heavy (non-hydrogen) atoms. The first-order chi connectivity index (χ1) is 11.7. The van der Waals surface area contributed by atoms with Crippen molar-refractivity contribution in [3.8, 4) is 11.5 Å². The van der Waals surface area contributed by atoms with Crippen molar-refractivity contribution >= 4 is 53.9 Å². The number of ether oxygens (including phenoxy) is 2. The Morgan fingerprint density at radius 1 is 0.958 bits per heavy atom. The van der Waals surface area contributed by atoms with Crippen LogP contribution in [-0.2, 0) is 0 Å². The summed E-state index contributed by atoms with van der Waals surface area (Å²) >= 11 is 3.26. The van der Waals surface area contributed by atoms with Gasteiger partial charge in [0.1, 0.15) is 17.0 Å². The van der Waals surface area contributed by atoms with Crippen LogP contribution >= 0.6 is 22.7 Å². The molecule has 122 valence electrons. The zero-order chi connectivity index (χ0) is 16.7. The molecule has 0 aliphatic carbocycles. The molecule has 2 aromatic carbocycles. The number of aryl methyl sites for hydroxylation is 1. The van der Waals surface area contributed by atoms with Gasteiger partial charge < -0.3 is 14.8 Å². The standard InChI is InChI=1S/C17H15N3O2S2/c1-9-18-12-6-10(4-5-14(12)23-9)19-17-20-16-13(22-3)7-11(21-2)8-15(16)24-17/h4-8H,1-3H3,(H,19,20). The van der Waals surface area contributed by atoms with Gasteiger partial charge >= 0.3 is 0 Å². The topological polar surface area (TPSA) is 56.3 Å². The maximum Gasteiger partial charge on any atom is 0.188 e. The maximum absolute atomic E-state index is 5.42. The average Bonchev–Trinajstić information content (AvgIpc) is 3.14. The Labute approximate surface area is 146 Å². The summed E-state index contributed by atoms with van der Waals surface area (Å²) in [5.74, 6) is 1.47. The SMILES string of the molecule is COc1cc(OC)c2nc(Nc3ccc4sc(C)nc4c3)sc2c1. The number of methoxy groups -OCH3 is 2. The summed E-state index contributed by atoms with van der Waals surface area (Å²) in [7, 11) is 3.28. The van der Waals surface area contributed by atoms with Crippen molar-refractivity contribution in [2.75, 3.05) is 19.5 Å². The van der Waals surface area contributed by atoms with E-state index < -0.39 is 0 Å². The second kappa shape index (κ2) is 5.92. The van der Waals surface area contributed by atoms with E-state index in [1.54, 1.807) is 36.9 Å². The van der Waals surface area contributed by atoms with Crippen LogP contribution in [0.2, 0.25) is 0 Å². The quantitative estimate of drug-likeness (QED) is 0.558. The van der Waals surface area contributed by atoms with Crippen LogP contribution < -0.4 is 14.8 Å². The monoisotopic (exact) mass is 357 g/mol. The molecule has 0 atom stereocenters. The van der Waals surface area contributed by atoms with E-state index >= 15 is 0 Å². The van der Waals surface area contributed by atoms with Crippen molar-refractivity contribution in [3.05, 3.63) is 35.3 Å². The number of hydrogen-bond acceptors (Lipinski definition) is 7. The van der Waals surface area contributed by atoms with Gasteiger partial charge in [-0.05, 0) is 31.2 Å². The van der Waals surface area contributed by atoms with Gasteiger partial charge in [0, 0.05) is 11.8 Å². The molecule has 0 amide bonds. The highest BCUT2D eigenvalue weighted by molar-refractivity contribution is 7.22. The Morgan fingerprint density at radius 2 is 1.83 bits per heavy atom. The second-order valence-electron chi connectivity index (χ2n) is 5.24. The van der Waals surface area contributed by atoms with Crippen LogP contribution in [0.15, 0.2) is 30.3 Å². The average molecular weight is 357 g/mol. The smallest absolute Gasteiger partial charge is 0.188 e. The minimum absolute atomic E-state index is 0.708. The summed E-state index contributed by atoms with van der Waals surface area (Å²) in [6.45, 7) is 2.02. The molecule has 0 saturated carbocycles. The van der Waals surface area contributed by atoms with Crippen molar-refractivity contribution in [1.82, 2.24) is 9.97 Å². The molecule has 0 unspecified atom stereocenters. The third-order valence-electron chi connectivity index (χ3n) is 3.63. The second-order valence-corrected chi connectivity index (χ2v) is 7.50. The number of aromatic nitrogens is 2. The lowest BCUT2D eigenvalue weighted by Gasteiger charge is -2.03. The van der Waals surface area contributed by atoms with Crippen LogP contribution in [0.25, 0.3) is 20.4 Å². The summed E-state index contributed by atoms with van der Waals surface area (Å²) < 4.78 is 12.9. The fraction of sp³-hybridized carbons (Fsp3) is 0.176. The number of nitrogens with one attached hydrogen (secondary N) is 1. The highest BCUT2D eigenvalue weighted by Gasteiger charge is 2.12. The van der Waals surface area contributed by atoms with Gasteiger partial charge in [0.15, 0.2) is 5.13 Å². The number of rotatable bonds is 4. The maximum atomic E-state index is 5.42. The first kappa shape index (κ1) is 15.2. The lowest BCUT2D eigenvalue weighted by atomic mass is 10.3. The molecule has 0 aliphatic heterocycles. The van der Waals surface area contributed by atoms with Crippen LogP contribution in [0.5, 0.6) is 11.5 Å². The van der Waals surface area contributed by atoms with E-state index in [1.165, 1.54) is 4.70 Å². The molecule has 0 spiro atoms. The number of thiazole rings is 2. The Bertz CT molecular complexity index is 1040. The van der Waals surface area contributed by atoms with Crippen molar-refractivity contribution in [1.29, 1.82) is 0 Å². The number of benzene rings is 2. The predicted octanol–water partition coefficient (Wildman–Crippen LogP) is 4.98. The molecule has 2 heterocycles. The minimum Gasteiger partial charge on any atom is -0.497 e. The minimum atomic E-state index is 0.708. The van der Waals surface area contributed by atoms with Crippen molar-refractivity contribution in [2.24, 2.45) is 0 Å². The molecule has 1 N–H and O–H groups in total. The molecule has 4 rings (SSSR count). The van der Waals surface area contributed by atoms with Gasteiger partial charge in [-0.2, -0.15) is 0 Å². The van der Waals surface area contributed by atoms with Crippen LogP contribution in [-0.4, -0.2) is 24.2 Å². The highest BCUT2D eigenvalue weighted by Crippen LogP contribution is 2.37. The van der Waals surface area contributed by atoms with Crippen LogP contribution in [0, 0.1) is 6.92 Å². The Balaban J connectivity index is 1.72. The fourth-order valence-corrected chi connectivity index (χ4v) is 4.29. The molecule has 7 heteroatoms. The third-order valence-corrected chi connectivity index (χ3v) is 5.50. The lowest BCUT2D eigenvalue weighted by molar-refractivity contribution is 0.397. The van der Waals surface area contributed by atoms with E-state index in [1.807, 2.05) is 31.2 Å². The summed E-state index contributed by atoms with van der Waals surface area (Å²) in [6.07, 6.45) is 0. The molecule has 4 aromatic rings. The number of fused-ring (bicyclic) bond motifs is 2. The molecule has 0 radical (unpaired) electrons. The van der Waals surface area contributed by atoms with E-state index in [9.17, 15) is 0 Å². The Hall–Kier alpha value is -2.38. The molecule has 5 nitrogen and oxygen atoms in total. The Morgan fingerprint density at radius 3 is 2.62 bits per heavy atom. The van der Waals surface area contributed by atoms with Crippen molar-refractivity contribution < 1.29 is 9.47 Å². The van der Waals surface area contributed by atoms with E-state index in [0.717, 1.165) is 37.3 Å². The molecular formula is C17H15N3O2S2. The summed E-state index contributed by atoms with van der Waals surface area (Å²) in [5, 5.41) is 5.24. The summed E-state index contributed by atoms with van der Waals surface area (Å²) in [5.41, 5.74) is 2.80. The summed E-state index contributed by atoms with van der Waals surface area (Å²) in [6, 6.07) is 9.98. The first-order valence-electron chi connectivity index (χ1n) is 7.33. The molecule has 0 aliphatic rings. The molecule has 0 saturated heterocycles. The van der Waals surface area contributed by atoms with Crippen LogP contribution in [0.1, 0.15) is 5.01 Å². The largest absolute Gasteiger partial charge is 0.497 e. The van der Waals surface area contributed by atoms with Gasteiger partial charge in [0.25, 0.3) is 0 Å².